The first-order valence-corrected chi connectivity index (χ1v) is 7.83. The molecule has 126 valence electrons. The summed E-state index contributed by atoms with van der Waals surface area (Å²) in [6.07, 6.45) is 3.22. The Morgan fingerprint density at radius 3 is 2.88 bits per heavy atom. The van der Waals surface area contributed by atoms with Crippen LogP contribution in [0.3, 0.4) is 0 Å². The van der Waals surface area contributed by atoms with Crippen molar-refractivity contribution in [2.24, 2.45) is 0 Å². The molecule has 1 aliphatic heterocycles. The Kier molecular flexibility index (Phi) is 3.96. The van der Waals surface area contributed by atoms with Gasteiger partial charge in [0.2, 0.25) is 0 Å². The van der Waals surface area contributed by atoms with Crippen LogP contribution in [0.15, 0.2) is 30.6 Å². The molecule has 24 heavy (non-hydrogen) atoms. The minimum atomic E-state index is -1.69. The standard InChI is InChI=1S/C16H17ClN4O3/c1-9(2)21-8-11(7-18-21)19-14(22)16(3)15(23)20-12-6-10(17)4-5-13(12)24-16/h4-9H,1-3H3,(H,19,22)(H,20,23)/t16-/m1/s1. The van der Waals surface area contributed by atoms with Gasteiger partial charge in [0.1, 0.15) is 5.75 Å². The van der Waals surface area contributed by atoms with Crippen molar-refractivity contribution in [1.29, 1.82) is 0 Å². The number of nitrogens with zero attached hydrogens (tertiary/aromatic N) is 2. The van der Waals surface area contributed by atoms with Crippen molar-refractivity contribution in [2.75, 3.05) is 10.6 Å². The lowest BCUT2D eigenvalue weighted by Crippen LogP contribution is -2.56. The fourth-order valence-electron chi connectivity index (χ4n) is 2.28. The Morgan fingerprint density at radius 2 is 2.21 bits per heavy atom. The number of aromatic nitrogens is 2. The molecule has 0 spiro atoms. The van der Waals surface area contributed by atoms with Gasteiger partial charge in [0, 0.05) is 17.3 Å². The van der Waals surface area contributed by atoms with Crippen LogP contribution in [0.2, 0.25) is 5.02 Å². The Hall–Kier alpha value is -2.54. The molecule has 2 heterocycles. The van der Waals surface area contributed by atoms with Gasteiger partial charge in [-0.3, -0.25) is 14.3 Å². The van der Waals surface area contributed by atoms with Gasteiger partial charge in [0.05, 0.1) is 17.6 Å². The molecule has 0 unspecified atom stereocenters. The van der Waals surface area contributed by atoms with Gasteiger partial charge >= 0.3 is 0 Å². The third-order valence-electron chi connectivity index (χ3n) is 3.76. The molecule has 0 bridgehead atoms. The third kappa shape index (κ3) is 2.82. The van der Waals surface area contributed by atoms with Crippen LogP contribution in [0, 0.1) is 0 Å². The van der Waals surface area contributed by atoms with Crippen LogP contribution in [0.25, 0.3) is 0 Å². The predicted molar refractivity (Wildman–Crippen MR) is 90.4 cm³/mol. The quantitative estimate of drug-likeness (QED) is 0.835. The lowest BCUT2D eigenvalue weighted by atomic mass is 10.0. The number of ether oxygens (including phenoxy) is 1. The number of amides is 2. The summed E-state index contributed by atoms with van der Waals surface area (Å²) in [7, 11) is 0. The van der Waals surface area contributed by atoms with Crippen LogP contribution >= 0.6 is 11.6 Å². The normalized spacial score (nSPS) is 19.5. The number of hydrogen-bond acceptors (Lipinski definition) is 4. The summed E-state index contributed by atoms with van der Waals surface area (Å²) >= 11 is 5.90. The lowest BCUT2D eigenvalue weighted by Gasteiger charge is -2.33. The molecule has 2 N–H and O–H groups in total. The molecule has 2 amide bonds. The SMILES string of the molecule is CC(C)n1cc(NC(=O)[C@@]2(C)Oc3ccc(Cl)cc3NC2=O)cn1. The molecule has 0 fully saturated rings. The molecule has 2 aromatic rings. The second-order valence-electron chi connectivity index (χ2n) is 5.99. The van der Waals surface area contributed by atoms with Crippen LogP contribution < -0.4 is 15.4 Å². The number of halogens is 1. The summed E-state index contributed by atoms with van der Waals surface area (Å²) in [6.45, 7) is 5.36. The van der Waals surface area contributed by atoms with E-state index in [1.165, 1.54) is 13.1 Å². The highest BCUT2D eigenvalue weighted by molar-refractivity contribution is 6.31. The first-order chi connectivity index (χ1) is 11.3. The number of rotatable bonds is 3. The molecule has 8 heteroatoms. The van der Waals surface area contributed by atoms with Gasteiger partial charge in [-0.05, 0) is 39.0 Å². The van der Waals surface area contributed by atoms with Gasteiger partial charge < -0.3 is 15.4 Å². The van der Waals surface area contributed by atoms with E-state index in [2.05, 4.69) is 15.7 Å². The fraction of sp³-hybridized carbons (Fsp3) is 0.312. The van der Waals surface area contributed by atoms with Crippen LogP contribution in [0.4, 0.5) is 11.4 Å². The molecular weight excluding hydrogens is 332 g/mol. The molecule has 0 aliphatic carbocycles. The minimum Gasteiger partial charge on any atom is -0.466 e. The average Bonchev–Trinajstić information content (AvgIpc) is 2.97. The number of carbonyl (C=O) groups is 2. The zero-order chi connectivity index (χ0) is 17.5. The Bertz CT molecular complexity index is 817. The Labute approximate surface area is 143 Å². The number of fused-ring (bicyclic) bond motifs is 1. The smallest absolute Gasteiger partial charge is 0.278 e. The van der Waals surface area contributed by atoms with Crippen molar-refractivity contribution < 1.29 is 14.3 Å². The van der Waals surface area contributed by atoms with Crippen molar-refractivity contribution in [2.45, 2.75) is 32.4 Å². The molecule has 0 radical (unpaired) electrons. The highest BCUT2D eigenvalue weighted by atomic mass is 35.5. The molecule has 0 saturated heterocycles. The number of nitrogens with one attached hydrogen (secondary N) is 2. The topological polar surface area (TPSA) is 85.3 Å². The van der Waals surface area contributed by atoms with Crippen molar-refractivity contribution in [3.8, 4) is 5.75 Å². The summed E-state index contributed by atoms with van der Waals surface area (Å²) in [5.41, 5.74) is -0.764. The van der Waals surface area contributed by atoms with Gasteiger partial charge in [0.15, 0.2) is 0 Å². The highest BCUT2D eigenvalue weighted by Crippen LogP contribution is 2.36. The van der Waals surface area contributed by atoms with Crippen LogP contribution in [0.1, 0.15) is 26.8 Å². The van der Waals surface area contributed by atoms with Crippen LogP contribution in [-0.2, 0) is 9.59 Å². The van der Waals surface area contributed by atoms with E-state index in [1.54, 1.807) is 29.1 Å². The second-order valence-corrected chi connectivity index (χ2v) is 6.42. The average molecular weight is 349 g/mol. The van der Waals surface area contributed by atoms with E-state index in [1.807, 2.05) is 13.8 Å². The van der Waals surface area contributed by atoms with Gasteiger partial charge in [-0.25, -0.2) is 0 Å². The van der Waals surface area contributed by atoms with Crippen molar-refractivity contribution >= 4 is 34.8 Å². The van der Waals surface area contributed by atoms with Gasteiger partial charge in [-0.2, -0.15) is 5.10 Å². The second kappa shape index (κ2) is 5.83. The monoisotopic (exact) mass is 348 g/mol. The molecule has 1 aromatic carbocycles. The predicted octanol–water partition coefficient (Wildman–Crippen LogP) is 2.85. The maximum absolute atomic E-state index is 12.6. The van der Waals surface area contributed by atoms with Gasteiger partial charge in [-0.15, -0.1) is 0 Å². The van der Waals surface area contributed by atoms with Crippen LogP contribution in [0.5, 0.6) is 5.75 Å². The molecule has 1 aliphatic rings. The van der Waals surface area contributed by atoms with E-state index in [4.69, 9.17) is 16.3 Å². The summed E-state index contributed by atoms with van der Waals surface area (Å²) < 4.78 is 7.37. The van der Waals surface area contributed by atoms with Crippen molar-refractivity contribution in [1.82, 2.24) is 9.78 Å². The molecule has 7 nitrogen and oxygen atoms in total. The van der Waals surface area contributed by atoms with E-state index in [0.29, 0.717) is 22.1 Å². The maximum Gasteiger partial charge on any atom is 0.278 e. The first-order valence-electron chi connectivity index (χ1n) is 7.45. The molecule has 1 atom stereocenters. The molecule has 3 rings (SSSR count). The summed E-state index contributed by atoms with van der Waals surface area (Å²) in [5, 5.41) is 9.93. The van der Waals surface area contributed by atoms with E-state index in [9.17, 15) is 9.59 Å². The minimum absolute atomic E-state index is 0.164. The van der Waals surface area contributed by atoms with Gasteiger partial charge in [0.25, 0.3) is 17.4 Å². The molecule has 1 aromatic heterocycles. The fourth-order valence-corrected chi connectivity index (χ4v) is 2.45. The van der Waals surface area contributed by atoms with Gasteiger partial charge in [-0.1, -0.05) is 11.6 Å². The Balaban J connectivity index is 1.82. The van der Waals surface area contributed by atoms with E-state index in [0.717, 1.165) is 0 Å². The third-order valence-corrected chi connectivity index (χ3v) is 3.99. The maximum atomic E-state index is 12.6. The zero-order valence-electron chi connectivity index (χ0n) is 13.5. The van der Waals surface area contributed by atoms with E-state index < -0.39 is 17.4 Å². The Morgan fingerprint density at radius 1 is 1.46 bits per heavy atom. The first kappa shape index (κ1) is 16.3. The molecular formula is C16H17ClN4O3. The summed E-state index contributed by atoms with van der Waals surface area (Å²) in [6, 6.07) is 4.97. The zero-order valence-corrected chi connectivity index (χ0v) is 14.2. The number of carbonyl (C=O) groups excluding carboxylic acids is 2. The summed E-state index contributed by atoms with van der Waals surface area (Å²) in [4.78, 5) is 25.0. The molecule has 0 saturated carbocycles. The summed E-state index contributed by atoms with van der Waals surface area (Å²) in [5.74, 6) is -0.760. The van der Waals surface area contributed by atoms with Crippen molar-refractivity contribution in [3.63, 3.8) is 0 Å². The van der Waals surface area contributed by atoms with Crippen LogP contribution in [-0.4, -0.2) is 27.2 Å². The number of anilines is 2. The highest BCUT2D eigenvalue weighted by Gasteiger charge is 2.47. The van der Waals surface area contributed by atoms with E-state index in [-0.39, 0.29) is 6.04 Å². The number of hydrogen-bond donors (Lipinski definition) is 2. The lowest BCUT2D eigenvalue weighted by molar-refractivity contribution is -0.143. The van der Waals surface area contributed by atoms with Crippen molar-refractivity contribution in [3.05, 3.63) is 35.6 Å². The largest absolute Gasteiger partial charge is 0.466 e. The number of benzene rings is 1. The van der Waals surface area contributed by atoms with E-state index >= 15 is 0 Å².